The summed E-state index contributed by atoms with van der Waals surface area (Å²) in [5.41, 5.74) is 16.4. The molecule has 0 saturated heterocycles. The summed E-state index contributed by atoms with van der Waals surface area (Å²) in [6.45, 7) is 3.14. The van der Waals surface area contributed by atoms with Gasteiger partial charge in [0, 0.05) is 0 Å². The number of nitrogens with two attached hydrogens (primary N) is 3. The Morgan fingerprint density at radius 1 is 1.44 bits per heavy atom. The topological polar surface area (TPSA) is 124 Å². The number of nitrogens with zero attached hydrogens (tertiary/aromatic N) is 1. The van der Waals surface area contributed by atoms with Crippen molar-refractivity contribution in [2.75, 3.05) is 20.2 Å². The van der Waals surface area contributed by atoms with E-state index in [2.05, 4.69) is 15.6 Å². The summed E-state index contributed by atoms with van der Waals surface area (Å²) in [4.78, 5) is 4.12. The zero-order valence-electron chi connectivity index (χ0n) is 9.71. The smallest absolute Gasteiger partial charge is 0.203 e. The van der Waals surface area contributed by atoms with Gasteiger partial charge >= 0.3 is 0 Å². The molecular formula is C9H20N6O. The van der Waals surface area contributed by atoms with Gasteiger partial charge in [-0.25, -0.2) is 4.99 Å². The molecule has 1 atom stereocenters. The second kappa shape index (κ2) is 5.04. The monoisotopic (exact) mass is 228 g/mol. The molecule has 1 heterocycles. The quantitative estimate of drug-likeness (QED) is 0.359. The van der Waals surface area contributed by atoms with Crippen LogP contribution in [0.25, 0.3) is 0 Å². The number of hydrogen-bond donors (Lipinski definition) is 5. The molecule has 1 aliphatic rings. The lowest BCUT2D eigenvalue weighted by molar-refractivity contribution is -0.00130. The van der Waals surface area contributed by atoms with Crippen LogP contribution in [0.1, 0.15) is 13.3 Å². The normalized spacial score (nSPS) is 25.2. The lowest BCUT2D eigenvalue weighted by atomic mass is 10.1. The summed E-state index contributed by atoms with van der Waals surface area (Å²) in [7, 11) is 1.88. The van der Waals surface area contributed by atoms with Gasteiger partial charge in [-0.1, -0.05) is 0 Å². The first-order valence-electron chi connectivity index (χ1n) is 5.16. The molecule has 92 valence electrons. The molecule has 0 bridgehead atoms. The van der Waals surface area contributed by atoms with Crippen LogP contribution in [0.3, 0.4) is 0 Å². The first kappa shape index (κ1) is 12.6. The van der Waals surface area contributed by atoms with Gasteiger partial charge in [0.05, 0.1) is 6.61 Å². The summed E-state index contributed by atoms with van der Waals surface area (Å²) in [6, 6.07) is 0. The van der Waals surface area contributed by atoms with Gasteiger partial charge < -0.3 is 32.6 Å². The van der Waals surface area contributed by atoms with Crippen LogP contribution in [0.15, 0.2) is 16.5 Å². The lowest BCUT2D eigenvalue weighted by Gasteiger charge is -2.31. The third kappa shape index (κ3) is 2.77. The van der Waals surface area contributed by atoms with E-state index in [1.54, 1.807) is 6.92 Å². The standard InChI is InChI=1S/C9H20N6O/c1-9(16-5-3-4-13-2)6(10)7(11)14-8(12)15-9/h13H,3-5,10-11H2,1-2H3,(H3,12,14,15). The average Bonchev–Trinajstić information content (AvgIpc) is 2.21. The van der Waals surface area contributed by atoms with Gasteiger partial charge in [-0.15, -0.1) is 0 Å². The number of rotatable bonds is 5. The molecule has 0 aliphatic carbocycles. The van der Waals surface area contributed by atoms with E-state index in [1.807, 2.05) is 7.05 Å². The van der Waals surface area contributed by atoms with Crippen LogP contribution in [0.2, 0.25) is 0 Å². The van der Waals surface area contributed by atoms with Crippen molar-refractivity contribution in [2.45, 2.75) is 19.1 Å². The Balaban J connectivity index is 2.63. The summed E-state index contributed by atoms with van der Waals surface area (Å²) < 4.78 is 5.62. The number of ether oxygens (including phenoxy) is 1. The zero-order valence-corrected chi connectivity index (χ0v) is 9.71. The van der Waals surface area contributed by atoms with Crippen molar-refractivity contribution >= 4 is 5.96 Å². The number of nitrogens with one attached hydrogen (secondary N) is 2. The molecule has 8 N–H and O–H groups in total. The van der Waals surface area contributed by atoms with Crippen LogP contribution in [-0.4, -0.2) is 31.9 Å². The van der Waals surface area contributed by atoms with Crippen LogP contribution < -0.4 is 27.8 Å². The van der Waals surface area contributed by atoms with Gasteiger partial charge in [-0.2, -0.15) is 0 Å². The van der Waals surface area contributed by atoms with Crippen LogP contribution in [0, 0.1) is 0 Å². The fourth-order valence-corrected chi connectivity index (χ4v) is 1.40. The molecule has 7 heteroatoms. The van der Waals surface area contributed by atoms with Crippen molar-refractivity contribution in [3.63, 3.8) is 0 Å². The van der Waals surface area contributed by atoms with E-state index in [9.17, 15) is 0 Å². The molecule has 0 aromatic rings. The molecule has 1 rings (SSSR count). The van der Waals surface area contributed by atoms with Crippen molar-refractivity contribution in [1.29, 1.82) is 0 Å². The van der Waals surface area contributed by atoms with E-state index < -0.39 is 5.72 Å². The molecule has 0 aromatic heterocycles. The lowest BCUT2D eigenvalue weighted by Crippen LogP contribution is -2.49. The third-order valence-electron chi connectivity index (χ3n) is 2.34. The maximum atomic E-state index is 5.82. The minimum Gasteiger partial charge on any atom is -0.395 e. The summed E-state index contributed by atoms with van der Waals surface area (Å²) in [5.74, 6) is 0.506. The van der Waals surface area contributed by atoms with Crippen LogP contribution in [-0.2, 0) is 4.74 Å². The molecule has 1 unspecified atom stereocenters. The predicted octanol–water partition coefficient (Wildman–Crippen LogP) is -1.67. The number of guanidine groups is 1. The Morgan fingerprint density at radius 2 is 2.12 bits per heavy atom. The summed E-state index contributed by atoms with van der Waals surface area (Å²) >= 11 is 0. The van der Waals surface area contributed by atoms with Gasteiger partial charge in [0.15, 0.2) is 5.96 Å². The summed E-state index contributed by atoms with van der Waals surface area (Å²) in [5, 5.41) is 5.68. The fraction of sp³-hybridized carbons (Fsp3) is 0.667. The van der Waals surface area contributed by atoms with Crippen LogP contribution in [0.4, 0.5) is 0 Å². The Morgan fingerprint density at radius 3 is 2.75 bits per heavy atom. The molecule has 0 radical (unpaired) electrons. The molecule has 0 aromatic carbocycles. The van der Waals surface area contributed by atoms with E-state index in [0.717, 1.165) is 13.0 Å². The average molecular weight is 228 g/mol. The molecule has 16 heavy (non-hydrogen) atoms. The Bertz CT molecular complexity index is 313. The summed E-state index contributed by atoms with van der Waals surface area (Å²) in [6.07, 6.45) is 0.863. The van der Waals surface area contributed by atoms with Crippen LogP contribution in [0.5, 0.6) is 0 Å². The Hall–Kier alpha value is -1.47. The predicted molar refractivity (Wildman–Crippen MR) is 63.1 cm³/mol. The third-order valence-corrected chi connectivity index (χ3v) is 2.34. The van der Waals surface area contributed by atoms with Crippen molar-refractivity contribution in [3.8, 4) is 0 Å². The molecular weight excluding hydrogens is 208 g/mol. The first-order valence-corrected chi connectivity index (χ1v) is 5.16. The highest BCUT2D eigenvalue weighted by molar-refractivity contribution is 5.81. The second-order valence-electron chi connectivity index (χ2n) is 3.74. The van der Waals surface area contributed by atoms with E-state index in [1.165, 1.54) is 0 Å². The van der Waals surface area contributed by atoms with Gasteiger partial charge in [0.2, 0.25) is 5.72 Å². The molecule has 0 spiro atoms. The van der Waals surface area contributed by atoms with Crippen molar-refractivity contribution < 1.29 is 4.74 Å². The second-order valence-corrected chi connectivity index (χ2v) is 3.74. The number of aliphatic imine (C=N–C) groups is 1. The molecule has 7 nitrogen and oxygen atoms in total. The van der Waals surface area contributed by atoms with Gasteiger partial charge in [-0.3, -0.25) is 0 Å². The Labute approximate surface area is 95.1 Å². The van der Waals surface area contributed by atoms with Crippen molar-refractivity contribution in [1.82, 2.24) is 10.6 Å². The largest absolute Gasteiger partial charge is 0.395 e. The molecule has 0 amide bonds. The van der Waals surface area contributed by atoms with E-state index in [-0.39, 0.29) is 5.96 Å². The Kier molecular flexibility index (Phi) is 3.97. The highest BCUT2D eigenvalue weighted by Gasteiger charge is 2.33. The maximum Gasteiger partial charge on any atom is 0.203 e. The van der Waals surface area contributed by atoms with Gasteiger partial charge in [-0.05, 0) is 26.9 Å². The van der Waals surface area contributed by atoms with Gasteiger partial charge in [0.25, 0.3) is 0 Å². The van der Waals surface area contributed by atoms with Crippen molar-refractivity contribution in [3.05, 3.63) is 11.5 Å². The first-order chi connectivity index (χ1) is 7.49. The zero-order chi connectivity index (χ0) is 12.2. The fourth-order valence-electron chi connectivity index (χ4n) is 1.40. The van der Waals surface area contributed by atoms with Crippen molar-refractivity contribution in [2.24, 2.45) is 22.2 Å². The maximum absolute atomic E-state index is 5.82. The van der Waals surface area contributed by atoms with Crippen LogP contribution >= 0.6 is 0 Å². The highest BCUT2D eigenvalue weighted by Crippen LogP contribution is 2.22. The van der Waals surface area contributed by atoms with Gasteiger partial charge in [0.1, 0.15) is 11.5 Å². The highest BCUT2D eigenvalue weighted by atomic mass is 16.5. The minimum atomic E-state index is -0.965. The van der Waals surface area contributed by atoms with E-state index >= 15 is 0 Å². The molecule has 1 aliphatic heterocycles. The molecule has 0 fully saturated rings. The van der Waals surface area contributed by atoms with E-state index in [0.29, 0.717) is 18.1 Å². The van der Waals surface area contributed by atoms with E-state index in [4.69, 9.17) is 21.9 Å². The SMILES string of the molecule is CNCCCOC1(C)N=C(N)NC(N)=C1N. The number of hydrogen-bond acceptors (Lipinski definition) is 7. The molecule has 0 saturated carbocycles. The minimum absolute atomic E-state index is 0.211.